The second-order valence-corrected chi connectivity index (χ2v) is 11.3. The molecule has 37 heavy (non-hydrogen) atoms. The van der Waals surface area contributed by atoms with Crippen molar-refractivity contribution in [2.75, 3.05) is 18.0 Å². The summed E-state index contributed by atoms with van der Waals surface area (Å²) in [7, 11) is 0. The third-order valence-electron chi connectivity index (χ3n) is 7.56. The van der Waals surface area contributed by atoms with Gasteiger partial charge in [0.1, 0.15) is 23.7 Å². The van der Waals surface area contributed by atoms with Crippen molar-refractivity contribution in [2.24, 2.45) is 11.3 Å². The number of halogens is 1. The number of carbonyl (C=O) groups excluding carboxylic acids is 2. The molecule has 0 aliphatic carbocycles. The first-order valence-corrected chi connectivity index (χ1v) is 13.1. The quantitative estimate of drug-likeness (QED) is 0.610. The van der Waals surface area contributed by atoms with Crippen molar-refractivity contribution in [1.82, 2.24) is 20.2 Å². The van der Waals surface area contributed by atoms with Crippen LogP contribution in [0, 0.1) is 24.1 Å². The van der Waals surface area contributed by atoms with E-state index in [4.69, 9.17) is 4.74 Å². The van der Waals surface area contributed by atoms with E-state index in [0.717, 1.165) is 0 Å². The van der Waals surface area contributed by atoms with Crippen molar-refractivity contribution in [3.05, 3.63) is 48.0 Å². The third-order valence-corrected chi connectivity index (χ3v) is 7.56. The number of rotatable bonds is 7. The number of nitrogens with zero attached hydrogens (tertiary/aromatic N) is 4. The molecule has 2 aromatic rings. The molecule has 3 heterocycles. The second kappa shape index (κ2) is 10.6. The van der Waals surface area contributed by atoms with E-state index < -0.39 is 17.6 Å². The summed E-state index contributed by atoms with van der Waals surface area (Å²) in [6.07, 6.45) is 4.37. The van der Waals surface area contributed by atoms with Gasteiger partial charge in [-0.1, -0.05) is 40.7 Å². The highest BCUT2D eigenvalue weighted by Gasteiger charge is 2.54. The number of hydrogen-bond donors (Lipinski definition) is 1. The van der Waals surface area contributed by atoms with Crippen molar-refractivity contribution in [3.63, 3.8) is 0 Å². The van der Waals surface area contributed by atoms with Crippen LogP contribution in [0.25, 0.3) is 0 Å². The van der Waals surface area contributed by atoms with Gasteiger partial charge in [-0.3, -0.25) is 9.59 Å². The SMILES string of the molecule is CC[C@@H](C)C(=O)N[C@H](C(=O)N1CC[C@@H]2[C@H]1[C@@H](Oc1ccc(C)c(F)c1)CN2c1ncccn1)C(C)(C)C. The summed E-state index contributed by atoms with van der Waals surface area (Å²) in [5.74, 6) is 0.213. The standard InChI is InChI=1S/C28H38FN5O3/c1-7-17(2)25(35)32-24(28(4,5)6)26(36)33-14-11-21-23(33)22(16-34(21)27-30-12-8-13-31-27)37-19-10-9-18(3)20(29)15-19/h8-10,12-13,15,17,21-24H,7,11,14,16H2,1-6H3,(H,32,35)/t17-,21-,22+,23+,24-/m1/s1. The van der Waals surface area contributed by atoms with Crippen LogP contribution >= 0.6 is 0 Å². The number of carbonyl (C=O) groups is 2. The number of amides is 2. The molecule has 8 nitrogen and oxygen atoms in total. The molecule has 0 radical (unpaired) electrons. The number of hydrogen-bond acceptors (Lipinski definition) is 6. The predicted octanol–water partition coefficient (Wildman–Crippen LogP) is 3.74. The maximum Gasteiger partial charge on any atom is 0.246 e. The fourth-order valence-electron chi connectivity index (χ4n) is 5.16. The van der Waals surface area contributed by atoms with Gasteiger partial charge in [-0.15, -0.1) is 0 Å². The van der Waals surface area contributed by atoms with E-state index in [2.05, 4.69) is 20.2 Å². The summed E-state index contributed by atoms with van der Waals surface area (Å²) in [6.45, 7) is 12.4. The third kappa shape index (κ3) is 5.55. The average Bonchev–Trinajstić information content (AvgIpc) is 3.45. The Labute approximate surface area is 218 Å². The van der Waals surface area contributed by atoms with Crippen LogP contribution in [0.15, 0.2) is 36.7 Å². The Morgan fingerprint density at radius 3 is 2.57 bits per heavy atom. The topological polar surface area (TPSA) is 87.7 Å². The van der Waals surface area contributed by atoms with Gasteiger partial charge in [0, 0.05) is 30.9 Å². The van der Waals surface area contributed by atoms with Crippen molar-refractivity contribution in [2.45, 2.75) is 78.6 Å². The van der Waals surface area contributed by atoms with E-state index in [-0.39, 0.29) is 35.6 Å². The minimum atomic E-state index is -0.688. The maximum atomic E-state index is 14.3. The van der Waals surface area contributed by atoms with Crippen molar-refractivity contribution in [3.8, 4) is 5.75 Å². The van der Waals surface area contributed by atoms with E-state index in [1.54, 1.807) is 37.5 Å². The van der Waals surface area contributed by atoms with Gasteiger partial charge in [0.25, 0.3) is 0 Å². The summed E-state index contributed by atoms with van der Waals surface area (Å²) in [6, 6.07) is 5.54. The Bertz CT molecular complexity index is 1120. The van der Waals surface area contributed by atoms with Crippen molar-refractivity contribution in [1.29, 1.82) is 0 Å². The van der Waals surface area contributed by atoms with Crippen molar-refractivity contribution < 1.29 is 18.7 Å². The van der Waals surface area contributed by atoms with E-state index in [9.17, 15) is 14.0 Å². The van der Waals surface area contributed by atoms with Crippen LogP contribution in [-0.4, -0.2) is 64.0 Å². The molecule has 2 aliphatic rings. The summed E-state index contributed by atoms with van der Waals surface area (Å²) < 4.78 is 20.6. The minimum Gasteiger partial charge on any atom is -0.486 e. The number of likely N-dealkylation sites (tertiary alicyclic amines) is 1. The molecule has 0 saturated carbocycles. The fraction of sp³-hybridized carbons (Fsp3) is 0.571. The molecule has 2 aliphatic heterocycles. The maximum absolute atomic E-state index is 14.3. The highest BCUT2D eigenvalue weighted by Crippen LogP contribution is 2.37. The second-order valence-electron chi connectivity index (χ2n) is 11.3. The van der Waals surface area contributed by atoms with Crippen LogP contribution in [0.2, 0.25) is 0 Å². The lowest BCUT2D eigenvalue weighted by atomic mass is 9.85. The molecule has 0 spiro atoms. The summed E-state index contributed by atoms with van der Waals surface area (Å²) in [5, 5.41) is 3.03. The molecule has 1 aromatic heterocycles. The van der Waals surface area contributed by atoms with Gasteiger partial charge in [0.15, 0.2) is 0 Å². The Morgan fingerprint density at radius 2 is 1.95 bits per heavy atom. The minimum absolute atomic E-state index is 0.0578. The van der Waals surface area contributed by atoms with Crippen LogP contribution in [0.5, 0.6) is 5.75 Å². The normalized spacial score (nSPS) is 22.9. The first kappa shape index (κ1) is 26.8. The molecule has 0 bridgehead atoms. The lowest BCUT2D eigenvalue weighted by molar-refractivity contribution is -0.142. The number of fused-ring (bicyclic) bond motifs is 1. The van der Waals surface area contributed by atoms with Gasteiger partial charge in [-0.05, 0) is 42.9 Å². The highest BCUT2D eigenvalue weighted by atomic mass is 19.1. The molecule has 5 atom stereocenters. The van der Waals surface area contributed by atoms with Crippen LogP contribution < -0.4 is 15.0 Å². The van der Waals surface area contributed by atoms with E-state index in [1.165, 1.54) is 6.07 Å². The van der Waals surface area contributed by atoms with Gasteiger partial charge < -0.3 is 19.9 Å². The van der Waals surface area contributed by atoms with Gasteiger partial charge in [-0.25, -0.2) is 14.4 Å². The molecule has 2 amide bonds. The molecule has 9 heteroatoms. The molecule has 200 valence electrons. The first-order valence-electron chi connectivity index (χ1n) is 13.1. The summed E-state index contributed by atoms with van der Waals surface area (Å²) >= 11 is 0. The zero-order valence-electron chi connectivity index (χ0n) is 22.6. The van der Waals surface area contributed by atoms with Gasteiger partial charge in [0.05, 0.1) is 18.6 Å². The monoisotopic (exact) mass is 511 g/mol. The number of ether oxygens (including phenoxy) is 1. The number of anilines is 1. The number of aryl methyl sites for hydroxylation is 1. The number of aromatic nitrogens is 2. The summed E-state index contributed by atoms with van der Waals surface area (Å²) in [5.41, 5.74) is 0.0499. The van der Waals surface area contributed by atoms with Crippen LogP contribution in [0.4, 0.5) is 10.3 Å². The molecular weight excluding hydrogens is 473 g/mol. The largest absolute Gasteiger partial charge is 0.486 e. The lowest BCUT2D eigenvalue weighted by Gasteiger charge is -2.37. The van der Waals surface area contributed by atoms with Crippen LogP contribution in [0.1, 0.15) is 53.0 Å². The van der Waals surface area contributed by atoms with Gasteiger partial charge in [0.2, 0.25) is 17.8 Å². The van der Waals surface area contributed by atoms with Crippen LogP contribution in [0.3, 0.4) is 0 Å². The zero-order valence-corrected chi connectivity index (χ0v) is 22.6. The smallest absolute Gasteiger partial charge is 0.246 e. The van der Waals surface area contributed by atoms with E-state index in [0.29, 0.717) is 43.2 Å². The average molecular weight is 512 g/mol. The summed E-state index contributed by atoms with van der Waals surface area (Å²) in [4.78, 5) is 39.7. The van der Waals surface area contributed by atoms with Crippen molar-refractivity contribution >= 4 is 17.8 Å². The molecule has 1 aromatic carbocycles. The van der Waals surface area contributed by atoms with E-state index >= 15 is 0 Å². The zero-order chi connectivity index (χ0) is 26.9. The Balaban J connectivity index is 1.65. The predicted molar refractivity (Wildman–Crippen MR) is 140 cm³/mol. The van der Waals surface area contributed by atoms with Gasteiger partial charge in [-0.2, -0.15) is 0 Å². The fourth-order valence-corrected chi connectivity index (χ4v) is 5.16. The highest BCUT2D eigenvalue weighted by molar-refractivity contribution is 5.89. The lowest BCUT2D eigenvalue weighted by Crippen LogP contribution is -2.58. The first-order chi connectivity index (χ1) is 17.5. The Kier molecular flexibility index (Phi) is 7.71. The Hall–Kier alpha value is -3.23. The molecule has 2 saturated heterocycles. The molecule has 2 fully saturated rings. The molecular formula is C28H38FN5O3. The van der Waals surface area contributed by atoms with Gasteiger partial charge >= 0.3 is 0 Å². The van der Waals surface area contributed by atoms with Crippen LogP contribution in [-0.2, 0) is 9.59 Å². The number of benzene rings is 1. The van der Waals surface area contributed by atoms with E-state index in [1.807, 2.05) is 39.5 Å². The molecule has 4 rings (SSSR count). The molecule has 1 N–H and O–H groups in total. The molecule has 0 unspecified atom stereocenters. The Morgan fingerprint density at radius 1 is 1.24 bits per heavy atom. The number of nitrogens with one attached hydrogen (secondary N) is 1.